The molecule has 2 atom stereocenters. The minimum Gasteiger partial charge on any atom is -0.483 e. The lowest BCUT2D eigenvalue weighted by Gasteiger charge is -2.44. The molecule has 1 fully saturated rings. The zero-order valence-electron chi connectivity index (χ0n) is 20.1. The number of carbonyl (C=O) groups excluding carboxylic acids is 2. The molecule has 0 radical (unpaired) electrons. The van der Waals surface area contributed by atoms with Crippen LogP contribution in [0.5, 0.6) is 5.75 Å². The summed E-state index contributed by atoms with van der Waals surface area (Å²) in [6.07, 6.45) is 0.575. The first-order valence-electron chi connectivity index (χ1n) is 11.2. The molecule has 1 heterocycles. The number of hydrogen-bond donors (Lipinski definition) is 1. The standard InChI is InChI=1S/C24H28ClF2N3O5S/c1-15-12-30(16(2)11-29(15)13-17-4-6-20(26)21(27)8-17)24(32)14-35-22-7-5-19(25)9-18(22)10-23(31)28-36(3,33)34/h4-9,15-16H,10-14H2,1-3H3,(H,28,31). The van der Waals surface area contributed by atoms with Gasteiger partial charge in [0.25, 0.3) is 5.91 Å². The molecule has 8 nitrogen and oxygen atoms in total. The van der Waals surface area contributed by atoms with E-state index in [1.165, 1.54) is 18.2 Å². The second kappa shape index (κ2) is 11.5. The molecule has 1 N–H and O–H groups in total. The fourth-order valence-corrected chi connectivity index (χ4v) is 4.78. The van der Waals surface area contributed by atoms with E-state index in [1.807, 2.05) is 18.6 Å². The Morgan fingerprint density at radius 3 is 2.47 bits per heavy atom. The van der Waals surface area contributed by atoms with Crippen molar-refractivity contribution in [2.24, 2.45) is 0 Å². The maximum Gasteiger partial charge on any atom is 0.260 e. The smallest absolute Gasteiger partial charge is 0.260 e. The Morgan fingerprint density at radius 1 is 1.08 bits per heavy atom. The molecule has 0 saturated carbocycles. The van der Waals surface area contributed by atoms with Crippen molar-refractivity contribution in [3.8, 4) is 5.75 Å². The second-order valence-electron chi connectivity index (χ2n) is 8.94. The molecule has 0 aromatic heterocycles. The van der Waals surface area contributed by atoms with Gasteiger partial charge in [-0.2, -0.15) is 0 Å². The minimum atomic E-state index is -3.72. The van der Waals surface area contributed by atoms with Crippen molar-refractivity contribution in [3.05, 3.63) is 64.2 Å². The molecular formula is C24H28ClF2N3O5S. The molecule has 2 amide bonds. The van der Waals surface area contributed by atoms with Crippen LogP contribution in [0.2, 0.25) is 5.02 Å². The predicted octanol–water partition coefficient (Wildman–Crippen LogP) is 2.74. The van der Waals surface area contributed by atoms with E-state index in [0.717, 1.165) is 12.3 Å². The van der Waals surface area contributed by atoms with Gasteiger partial charge in [0.05, 0.1) is 12.7 Å². The molecule has 196 valence electrons. The number of sulfonamides is 1. The highest BCUT2D eigenvalue weighted by Gasteiger charge is 2.32. The van der Waals surface area contributed by atoms with E-state index in [1.54, 1.807) is 17.0 Å². The summed E-state index contributed by atoms with van der Waals surface area (Å²) in [5, 5.41) is 0.329. The van der Waals surface area contributed by atoms with Crippen LogP contribution >= 0.6 is 11.6 Å². The molecule has 12 heteroatoms. The summed E-state index contributed by atoms with van der Waals surface area (Å²) < 4.78 is 57.0. The van der Waals surface area contributed by atoms with Crippen molar-refractivity contribution in [3.63, 3.8) is 0 Å². The van der Waals surface area contributed by atoms with Gasteiger partial charge in [-0.25, -0.2) is 17.2 Å². The summed E-state index contributed by atoms with van der Waals surface area (Å²) >= 11 is 6.02. The monoisotopic (exact) mass is 543 g/mol. The fourth-order valence-electron chi connectivity index (χ4n) is 4.10. The van der Waals surface area contributed by atoms with Crippen molar-refractivity contribution in [1.82, 2.24) is 14.5 Å². The predicted molar refractivity (Wildman–Crippen MR) is 131 cm³/mol. The zero-order valence-corrected chi connectivity index (χ0v) is 21.7. The van der Waals surface area contributed by atoms with Crippen LogP contribution in [-0.2, 0) is 32.6 Å². The molecule has 3 rings (SSSR count). The third-order valence-corrected chi connectivity index (χ3v) is 6.66. The lowest BCUT2D eigenvalue weighted by molar-refractivity contribution is -0.139. The maximum atomic E-state index is 13.6. The van der Waals surface area contributed by atoms with Gasteiger partial charge in [-0.1, -0.05) is 17.7 Å². The van der Waals surface area contributed by atoms with Crippen molar-refractivity contribution in [2.45, 2.75) is 38.9 Å². The molecular weight excluding hydrogens is 516 g/mol. The van der Waals surface area contributed by atoms with Crippen LogP contribution < -0.4 is 9.46 Å². The number of piperazine rings is 1. The highest BCUT2D eigenvalue weighted by Crippen LogP contribution is 2.25. The van der Waals surface area contributed by atoms with Crippen LogP contribution in [0.4, 0.5) is 8.78 Å². The van der Waals surface area contributed by atoms with E-state index in [9.17, 15) is 26.8 Å². The highest BCUT2D eigenvalue weighted by atomic mass is 35.5. The summed E-state index contributed by atoms with van der Waals surface area (Å²) in [4.78, 5) is 28.8. The number of amides is 2. The average molecular weight is 544 g/mol. The number of nitrogens with one attached hydrogen (secondary N) is 1. The fraction of sp³-hybridized carbons (Fsp3) is 0.417. The van der Waals surface area contributed by atoms with Gasteiger partial charge in [0.1, 0.15) is 5.75 Å². The Hall–Kier alpha value is -2.76. The minimum absolute atomic E-state index is 0.0379. The zero-order chi connectivity index (χ0) is 26.6. The largest absolute Gasteiger partial charge is 0.483 e. The van der Waals surface area contributed by atoms with Crippen LogP contribution in [0.3, 0.4) is 0 Å². The molecule has 1 saturated heterocycles. The van der Waals surface area contributed by atoms with E-state index in [-0.39, 0.29) is 36.8 Å². The molecule has 0 bridgehead atoms. The van der Waals surface area contributed by atoms with Crippen LogP contribution in [0, 0.1) is 11.6 Å². The van der Waals surface area contributed by atoms with Crippen molar-refractivity contribution in [2.75, 3.05) is 26.0 Å². The first-order valence-corrected chi connectivity index (χ1v) is 13.5. The van der Waals surface area contributed by atoms with Crippen LogP contribution in [0.15, 0.2) is 36.4 Å². The maximum absolute atomic E-state index is 13.6. The van der Waals surface area contributed by atoms with Crippen LogP contribution in [0.25, 0.3) is 0 Å². The summed E-state index contributed by atoms with van der Waals surface area (Å²) in [7, 11) is -3.72. The summed E-state index contributed by atoms with van der Waals surface area (Å²) in [5.74, 6) is -2.56. The number of benzene rings is 2. The van der Waals surface area contributed by atoms with Crippen LogP contribution in [-0.4, -0.2) is 68.1 Å². The quantitative estimate of drug-likeness (QED) is 0.550. The second-order valence-corrected chi connectivity index (χ2v) is 11.1. The van der Waals surface area contributed by atoms with Gasteiger partial charge in [-0.15, -0.1) is 0 Å². The van der Waals surface area contributed by atoms with E-state index in [4.69, 9.17) is 16.3 Å². The molecule has 2 aromatic carbocycles. The highest BCUT2D eigenvalue weighted by molar-refractivity contribution is 7.89. The van der Waals surface area contributed by atoms with E-state index in [0.29, 0.717) is 35.8 Å². The van der Waals surface area contributed by atoms with Crippen molar-refractivity contribution in [1.29, 1.82) is 0 Å². The number of hydrogen-bond acceptors (Lipinski definition) is 6. The number of rotatable bonds is 8. The number of halogens is 3. The Labute approximate surface area is 214 Å². The number of carbonyl (C=O) groups is 2. The third kappa shape index (κ3) is 7.62. The number of nitrogens with zero attached hydrogens (tertiary/aromatic N) is 2. The molecule has 2 aromatic rings. The lowest BCUT2D eigenvalue weighted by atomic mass is 10.1. The van der Waals surface area contributed by atoms with Crippen molar-refractivity contribution < 1.29 is 31.5 Å². The molecule has 2 unspecified atom stereocenters. The number of ether oxygens (including phenoxy) is 1. The Bertz CT molecular complexity index is 1240. The van der Waals surface area contributed by atoms with E-state index < -0.39 is 27.6 Å². The van der Waals surface area contributed by atoms with E-state index in [2.05, 4.69) is 4.90 Å². The summed E-state index contributed by atoms with van der Waals surface area (Å²) in [6, 6.07) is 8.17. The first kappa shape index (κ1) is 27.8. The molecule has 1 aliphatic heterocycles. The Balaban J connectivity index is 1.61. The summed E-state index contributed by atoms with van der Waals surface area (Å²) in [6.45, 7) is 4.92. The Morgan fingerprint density at radius 2 is 1.81 bits per heavy atom. The van der Waals surface area contributed by atoms with Gasteiger partial charge in [-0.3, -0.25) is 19.2 Å². The Kier molecular flexibility index (Phi) is 8.91. The molecule has 0 spiro atoms. The lowest BCUT2D eigenvalue weighted by Crippen LogP contribution is -2.58. The average Bonchev–Trinajstić information content (AvgIpc) is 2.76. The van der Waals surface area contributed by atoms with Gasteiger partial charge in [-0.05, 0) is 49.7 Å². The van der Waals surface area contributed by atoms with Gasteiger partial charge in [0, 0.05) is 42.3 Å². The van der Waals surface area contributed by atoms with Gasteiger partial charge in [0.15, 0.2) is 18.2 Å². The topological polar surface area (TPSA) is 96.0 Å². The first-order chi connectivity index (χ1) is 16.8. The normalized spacial score (nSPS) is 18.7. The van der Waals surface area contributed by atoms with Gasteiger partial charge >= 0.3 is 0 Å². The molecule has 36 heavy (non-hydrogen) atoms. The van der Waals surface area contributed by atoms with Gasteiger partial charge < -0.3 is 9.64 Å². The third-order valence-electron chi connectivity index (χ3n) is 5.83. The van der Waals surface area contributed by atoms with Gasteiger partial charge in [0.2, 0.25) is 15.9 Å². The molecule has 1 aliphatic rings. The SMILES string of the molecule is CC1CN(C(=O)COc2ccc(Cl)cc2CC(=O)NS(C)(=O)=O)C(C)CN1Cc1ccc(F)c(F)c1. The summed E-state index contributed by atoms with van der Waals surface area (Å²) in [5.41, 5.74) is 0.987. The van der Waals surface area contributed by atoms with Crippen LogP contribution in [0.1, 0.15) is 25.0 Å². The van der Waals surface area contributed by atoms with E-state index >= 15 is 0 Å². The van der Waals surface area contributed by atoms with Crippen molar-refractivity contribution >= 4 is 33.4 Å². The molecule has 0 aliphatic carbocycles.